The van der Waals surface area contributed by atoms with E-state index in [9.17, 15) is 4.79 Å². The number of nitrogens with one attached hydrogen (secondary N) is 2. The normalized spacial score (nSPS) is 18.8. The second-order valence-electron chi connectivity index (χ2n) is 4.39. The first kappa shape index (κ1) is 17.8. The summed E-state index contributed by atoms with van der Waals surface area (Å²) in [5.74, 6) is 0.139. The molecule has 3 heteroatoms. The number of carbonyl (C=O) groups excluding carboxylic acids is 1. The summed E-state index contributed by atoms with van der Waals surface area (Å²) < 4.78 is 0. The summed E-state index contributed by atoms with van der Waals surface area (Å²) in [6, 6.07) is 0.0456. The van der Waals surface area contributed by atoms with Gasteiger partial charge in [0.2, 0.25) is 5.91 Å². The van der Waals surface area contributed by atoms with Gasteiger partial charge in [0.25, 0.3) is 0 Å². The van der Waals surface area contributed by atoms with Crippen molar-refractivity contribution in [1.82, 2.24) is 10.6 Å². The average molecular weight is 230 g/mol. The molecule has 0 saturated carbocycles. The molecular weight excluding hydrogens is 200 g/mol. The van der Waals surface area contributed by atoms with Gasteiger partial charge in [-0.2, -0.15) is 0 Å². The van der Waals surface area contributed by atoms with E-state index >= 15 is 0 Å². The molecule has 0 aliphatic carbocycles. The zero-order valence-electron chi connectivity index (χ0n) is 12.1. The minimum Gasteiger partial charge on any atom is -0.350 e. The van der Waals surface area contributed by atoms with Crippen LogP contribution in [0, 0.1) is 0 Å². The summed E-state index contributed by atoms with van der Waals surface area (Å²) in [5, 5.41) is 6.13. The van der Waals surface area contributed by atoms with Gasteiger partial charge in [-0.1, -0.05) is 27.7 Å². The molecule has 1 amide bonds. The number of hydrogen-bond donors (Lipinski definition) is 2. The van der Waals surface area contributed by atoms with Gasteiger partial charge in [0.1, 0.15) is 0 Å². The highest BCUT2D eigenvalue weighted by atomic mass is 16.2. The Kier molecular flexibility index (Phi) is 10.7. The third-order valence-electron chi connectivity index (χ3n) is 1.88. The van der Waals surface area contributed by atoms with Crippen molar-refractivity contribution in [2.24, 2.45) is 0 Å². The van der Waals surface area contributed by atoms with E-state index in [2.05, 4.69) is 10.6 Å². The van der Waals surface area contributed by atoms with Gasteiger partial charge >= 0.3 is 0 Å². The summed E-state index contributed by atoms with van der Waals surface area (Å²) in [4.78, 5) is 11.5. The van der Waals surface area contributed by atoms with E-state index in [-0.39, 0.29) is 17.5 Å². The zero-order chi connectivity index (χ0) is 13.2. The fraction of sp³-hybridized carbons (Fsp3) is 0.923. The van der Waals surface area contributed by atoms with Crippen LogP contribution in [0.1, 0.15) is 61.3 Å². The predicted octanol–water partition coefficient (Wildman–Crippen LogP) is 2.71. The molecule has 2 N–H and O–H groups in total. The molecule has 3 nitrogen and oxygen atoms in total. The molecule has 0 bridgehead atoms. The third-order valence-corrected chi connectivity index (χ3v) is 1.88. The van der Waals surface area contributed by atoms with E-state index in [0.29, 0.717) is 0 Å². The summed E-state index contributed by atoms with van der Waals surface area (Å²) in [5.41, 5.74) is -0.110. The summed E-state index contributed by atoms with van der Waals surface area (Å²) in [6.07, 6.45) is 2.09. The van der Waals surface area contributed by atoms with Gasteiger partial charge in [-0.25, -0.2) is 0 Å². The van der Waals surface area contributed by atoms with Crippen molar-refractivity contribution in [3.8, 4) is 0 Å². The maximum atomic E-state index is 11.5. The fourth-order valence-electron chi connectivity index (χ4n) is 1.37. The second-order valence-corrected chi connectivity index (χ2v) is 4.39. The lowest BCUT2D eigenvalue weighted by atomic mass is 10.1. The molecule has 16 heavy (non-hydrogen) atoms. The first-order chi connectivity index (χ1) is 7.49. The SMILES string of the molecule is CC.CC.CC(C)(C)NC(=O)C1CCCN1. The molecule has 1 aliphatic heterocycles. The van der Waals surface area contributed by atoms with Gasteiger partial charge in [-0.05, 0) is 40.2 Å². The van der Waals surface area contributed by atoms with Crippen molar-refractivity contribution in [2.75, 3.05) is 6.54 Å². The Balaban J connectivity index is 0. The Bertz CT molecular complexity index is 167. The standard InChI is InChI=1S/C9H18N2O.2C2H6/c1-9(2,3)11-8(12)7-5-4-6-10-7;2*1-2/h7,10H,4-6H2,1-3H3,(H,11,12);2*1-2H3. The summed E-state index contributed by atoms with van der Waals surface area (Å²) in [6.45, 7) is 15.0. The van der Waals surface area contributed by atoms with Gasteiger partial charge in [-0.3, -0.25) is 4.79 Å². The topological polar surface area (TPSA) is 41.1 Å². The first-order valence-electron chi connectivity index (χ1n) is 6.54. The van der Waals surface area contributed by atoms with Crippen molar-refractivity contribution in [1.29, 1.82) is 0 Å². The molecule has 1 unspecified atom stereocenters. The molecule has 1 saturated heterocycles. The molecule has 1 fully saturated rings. The van der Waals surface area contributed by atoms with Crippen LogP contribution in [0.25, 0.3) is 0 Å². The first-order valence-corrected chi connectivity index (χ1v) is 6.54. The molecule has 0 radical (unpaired) electrons. The Morgan fingerprint density at radius 3 is 2.00 bits per heavy atom. The van der Waals surface area contributed by atoms with E-state index < -0.39 is 0 Å². The van der Waals surface area contributed by atoms with Crippen molar-refractivity contribution in [2.45, 2.75) is 72.9 Å². The van der Waals surface area contributed by atoms with Crippen LogP contribution < -0.4 is 10.6 Å². The van der Waals surface area contributed by atoms with E-state index in [0.717, 1.165) is 19.4 Å². The smallest absolute Gasteiger partial charge is 0.237 e. The zero-order valence-corrected chi connectivity index (χ0v) is 12.1. The second kappa shape index (κ2) is 9.64. The number of hydrogen-bond acceptors (Lipinski definition) is 2. The molecule has 1 atom stereocenters. The van der Waals surface area contributed by atoms with Gasteiger partial charge in [0, 0.05) is 5.54 Å². The lowest BCUT2D eigenvalue weighted by molar-refractivity contribution is -0.124. The van der Waals surface area contributed by atoms with Crippen molar-refractivity contribution in [3.63, 3.8) is 0 Å². The fourth-order valence-corrected chi connectivity index (χ4v) is 1.37. The predicted molar refractivity (Wildman–Crippen MR) is 71.6 cm³/mol. The van der Waals surface area contributed by atoms with Crippen LogP contribution in [-0.4, -0.2) is 24.0 Å². The molecule has 0 aromatic heterocycles. The van der Waals surface area contributed by atoms with Gasteiger partial charge in [0.05, 0.1) is 6.04 Å². The maximum Gasteiger partial charge on any atom is 0.237 e. The molecular formula is C13H30N2O. The van der Waals surface area contributed by atoms with Crippen LogP contribution in [-0.2, 0) is 4.79 Å². The van der Waals surface area contributed by atoms with E-state index in [1.807, 2.05) is 48.5 Å². The Morgan fingerprint density at radius 2 is 1.69 bits per heavy atom. The van der Waals surface area contributed by atoms with E-state index in [4.69, 9.17) is 0 Å². The number of rotatable bonds is 1. The van der Waals surface area contributed by atoms with Crippen LogP contribution in [0.3, 0.4) is 0 Å². The van der Waals surface area contributed by atoms with Crippen LogP contribution in [0.2, 0.25) is 0 Å². The molecule has 1 rings (SSSR count). The molecule has 98 valence electrons. The summed E-state index contributed by atoms with van der Waals surface area (Å²) >= 11 is 0. The Labute approximate surface area is 101 Å². The highest BCUT2D eigenvalue weighted by Gasteiger charge is 2.24. The molecule has 0 aromatic rings. The minimum atomic E-state index is -0.110. The minimum absolute atomic E-state index is 0.0456. The number of amides is 1. The maximum absolute atomic E-state index is 11.5. The largest absolute Gasteiger partial charge is 0.350 e. The van der Waals surface area contributed by atoms with Crippen molar-refractivity contribution < 1.29 is 4.79 Å². The Hall–Kier alpha value is -0.570. The molecule has 1 aliphatic rings. The van der Waals surface area contributed by atoms with Crippen molar-refractivity contribution in [3.05, 3.63) is 0 Å². The number of carbonyl (C=O) groups is 1. The van der Waals surface area contributed by atoms with Crippen LogP contribution in [0.5, 0.6) is 0 Å². The lowest BCUT2D eigenvalue weighted by Gasteiger charge is -2.22. The van der Waals surface area contributed by atoms with Gasteiger partial charge < -0.3 is 10.6 Å². The average Bonchev–Trinajstić information content (AvgIpc) is 2.74. The Morgan fingerprint density at radius 1 is 1.19 bits per heavy atom. The van der Waals surface area contributed by atoms with Crippen LogP contribution in [0.15, 0.2) is 0 Å². The van der Waals surface area contributed by atoms with Crippen molar-refractivity contribution >= 4 is 5.91 Å². The van der Waals surface area contributed by atoms with E-state index in [1.54, 1.807) is 0 Å². The third kappa shape index (κ3) is 8.72. The lowest BCUT2D eigenvalue weighted by Crippen LogP contribution is -2.48. The highest BCUT2D eigenvalue weighted by molar-refractivity contribution is 5.82. The molecule has 0 aromatic carbocycles. The molecule has 0 spiro atoms. The van der Waals surface area contributed by atoms with Gasteiger partial charge in [0.15, 0.2) is 0 Å². The highest BCUT2D eigenvalue weighted by Crippen LogP contribution is 2.07. The van der Waals surface area contributed by atoms with Crippen LogP contribution in [0.4, 0.5) is 0 Å². The molecule has 1 heterocycles. The van der Waals surface area contributed by atoms with Crippen LogP contribution >= 0.6 is 0 Å². The summed E-state index contributed by atoms with van der Waals surface area (Å²) in [7, 11) is 0. The van der Waals surface area contributed by atoms with E-state index in [1.165, 1.54) is 0 Å². The monoisotopic (exact) mass is 230 g/mol. The van der Waals surface area contributed by atoms with Gasteiger partial charge in [-0.15, -0.1) is 0 Å². The quantitative estimate of drug-likeness (QED) is 0.727.